The molecule has 0 unspecified atom stereocenters. The molecule has 0 saturated carbocycles. The van der Waals surface area contributed by atoms with E-state index in [1.54, 1.807) is 40.3 Å². The molecule has 4 rings (SSSR count). The van der Waals surface area contributed by atoms with E-state index in [-0.39, 0.29) is 5.91 Å². The normalized spacial score (nSPS) is 14.4. The molecule has 3 aromatic heterocycles. The third-order valence-electron chi connectivity index (χ3n) is 3.78. The zero-order valence-electron chi connectivity index (χ0n) is 11.1. The van der Waals surface area contributed by atoms with E-state index in [1.807, 2.05) is 0 Å². The van der Waals surface area contributed by atoms with E-state index in [9.17, 15) is 4.79 Å². The van der Waals surface area contributed by atoms with Gasteiger partial charge in [0.25, 0.3) is 5.91 Å². The summed E-state index contributed by atoms with van der Waals surface area (Å²) in [4.78, 5) is 21.9. The first-order chi connectivity index (χ1) is 10.2. The summed E-state index contributed by atoms with van der Waals surface area (Å²) in [7, 11) is 0. The van der Waals surface area contributed by atoms with Crippen molar-refractivity contribution >= 4 is 23.0 Å². The van der Waals surface area contributed by atoms with Gasteiger partial charge in [-0.3, -0.25) is 4.79 Å². The van der Waals surface area contributed by atoms with Crippen LogP contribution in [0.3, 0.4) is 0 Å². The van der Waals surface area contributed by atoms with Crippen molar-refractivity contribution in [3.63, 3.8) is 0 Å². The van der Waals surface area contributed by atoms with Gasteiger partial charge in [-0.15, -0.1) is 0 Å². The first kappa shape index (κ1) is 12.4. The van der Waals surface area contributed by atoms with Crippen LogP contribution in [-0.2, 0) is 13.0 Å². The number of rotatable bonds is 1. The van der Waals surface area contributed by atoms with Crippen LogP contribution >= 0.6 is 11.6 Å². The fourth-order valence-corrected chi connectivity index (χ4v) is 2.98. The number of amides is 1. The molecule has 1 amide bonds. The van der Waals surface area contributed by atoms with Gasteiger partial charge in [-0.1, -0.05) is 11.6 Å². The summed E-state index contributed by atoms with van der Waals surface area (Å²) < 4.78 is 1.63. The number of H-pyrrole nitrogens is 1. The molecule has 0 saturated heterocycles. The minimum Gasteiger partial charge on any atom is -0.347 e. The number of carbonyl (C=O) groups is 1. The second kappa shape index (κ2) is 4.60. The standard InChI is InChI=1S/C14H12ClN5O/c15-10-2-1-4-20-13(10)9(6-18-20)14(21)19-5-3-11-12(7-19)17-8-16-11/h1-2,4,6,8H,3,5,7H2,(H,16,17). The Balaban J connectivity index is 1.71. The van der Waals surface area contributed by atoms with E-state index in [0.717, 1.165) is 17.8 Å². The Hall–Kier alpha value is -2.34. The molecule has 6 nitrogen and oxygen atoms in total. The first-order valence-corrected chi connectivity index (χ1v) is 7.04. The van der Waals surface area contributed by atoms with Crippen molar-refractivity contribution in [2.24, 2.45) is 0 Å². The van der Waals surface area contributed by atoms with Crippen molar-refractivity contribution in [1.82, 2.24) is 24.5 Å². The van der Waals surface area contributed by atoms with Crippen LogP contribution in [0.1, 0.15) is 21.7 Å². The van der Waals surface area contributed by atoms with E-state index in [1.165, 1.54) is 0 Å². The molecule has 0 fully saturated rings. The second-order valence-electron chi connectivity index (χ2n) is 5.01. The number of carbonyl (C=O) groups excluding carboxylic acids is 1. The molecule has 4 heterocycles. The van der Waals surface area contributed by atoms with Gasteiger partial charge >= 0.3 is 0 Å². The predicted octanol–water partition coefficient (Wildman–Crippen LogP) is 1.91. The molecular formula is C14H12ClN5O. The van der Waals surface area contributed by atoms with Crippen LogP contribution in [0, 0.1) is 0 Å². The molecule has 7 heteroatoms. The molecule has 0 atom stereocenters. The van der Waals surface area contributed by atoms with Gasteiger partial charge in [0.2, 0.25) is 0 Å². The van der Waals surface area contributed by atoms with E-state index >= 15 is 0 Å². The minimum absolute atomic E-state index is 0.0571. The summed E-state index contributed by atoms with van der Waals surface area (Å²) in [5.74, 6) is -0.0571. The number of hydrogen-bond acceptors (Lipinski definition) is 3. The molecule has 106 valence electrons. The Morgan fingerprint density at radius 3 is 3.24 bits per heavy atom. The average Bonchev–Trinajstić information content (AvgIpc) is 3.13. The maximum Gasteiger partial charge on any atom is 0.258 e. The SMILES string of the molecule is O=C(c1cnn2cccc(Cl)c12)N1CCc2nc[nH]c2C1. The fourth-order valence-electron chi connectivity index (χ4n) is 2.71. The van der Waals surface area contributed by atoms with Gasteiger partial charge in [0.15, 0.2) is 0 Å². The molecule has 0 spiro atoms. The lowest BCUT2D eigenvalue weighted by atomic mass is 10.1. The van der Waals surface area contributed by atoms with Crippen molar-refractivity contribution in [1.29, 1.82) is 0 Å². The van der Waals surface area contributed by atoms with Crippen molar-refractivity contribution in [3.05, 3.63) is 52.8 Å². The van der Waals surface area contributed by atoms with Crippen LogP contribution in [0.25, 0.3) is 5.52 Å². The Kier molecular flexibility index (Phi) is 2.71. The van der Waals surface area contributed by atoms with E-state index in [2.05, 4.69) is 15.1 Å². The van der Waals surface area contributed by atoms with Gasteiger partial charge in [0.1, 0.15) is 0 Å². The zero-order chi connectivity index (χ0) is 14.4. The second-order valence-corrected chi connectivity index (χ2v) is 5.42. The van der Waals surface area contributed by atoms with Gasteiger partial charge in [-0.25, -0.2) is 9.50 Å². The highest BCUT2D eigenvalue weighted by atomic mass is 35.5. The number of fused-ring (bicyclic) bond motifs is 2. The number of nitrogens with one attached hydrogen (secondary N) is 1. The molecule has 21 heavy (non-hydrogen) atoms. The highest BCUT2D eigenvalue weighted by Crippen LogP contribution is 2.24. The minimum atomic E-state index is -0.0571. The van der Waals surface area contributed by atoms with Crippen LogP contribution in [0.4, 0.5) is 0 Å². The van der Waals surface area contributed by atoms with Crippen LogP contribution in [0.15, 0.2) is 30.9 Å². The molecule has 0 radical (unpaired) electrons. The van der Waals surface area contributed by atoms with E-state index < -0.39 is 0 Å². The third-order valence-corrected chi connectivity index (χ3v) is 4.09. The largest absolute Gasteiger partial charge is 0.347 e. The summed E-state index contributed by atoms with van der Waals surface area (Å²) >= 11 is 6.20. The van der Waals surface area contributed by atoms with Crippen LogP contribution in [0.2, 0.25) is 5.02 Å². The smallest absolute Gasteiger partial charge is 0.258 e. The maximum absolute atomic E-state index is 12.7. The Labute approximate surface area is 125 Å². The number of aromatic amines is 1. The summed E-state index contributed by atoms with van der Waals surface area (Å²) in [6, 6.07) is 3.56. The Morgan fingerprint density at radius 2 is 2.33 bits per heavy atom. The highest BCUT2D eigenvalue weighted by molar-refractivity contribution is 6.34. The summed E-state index contributed by atoms with van der Waals surface area (Å²) in [5.41, 5.74) is 3.22. The molecule has 0 aromatic carbocycles. The topological polar surface area (TPSA) is 66.3 Å². The van der Waals surface area contributed by atoms with Gasteiger partial charge in [0.05, 0.1) is 46.6 Å². The quantitative estimate of drug-likeness (QED) is 0.746. The molecule has 0 aliphatic carbocycles. The number of nitrogens with zero attached hydrogens (tertiary/aromatic N) is 4. The molecule has 0 bridgehead atoms. The van der Waals surface area contributed by atoms with E-state index in [0.29, 0.717) is 29.2 Å². The molecular weight excluding hydrogens is 290 g/mol. The highest BCUT2D eigenvalue weighted by Gasteiger charge is 2.26. The van der Waals surface area contributed by atoms with Crippen LogP contribution < -0.4 is 0 Å². The van der Waals surface area contributed by atoms with Crippen LogP contribution in [-0.4, -0.2) is 36.9 Å². The maximum atomic E-state index is 12.7. The monoisotopic (exact) mass is 301 g/mol. The molecule has 3 aromatic rings. The number of pyridine rings is 1. The summed E-state index contributed by atoms with van der Waals surface area (Å²) in [6.45, 7) is 1.19. The number of imidazole rings is 1. The Morgan fingerprint density at radius 1 is 1.43 bits per heavy atom. The molecule has 1 aliphatic heterocycles. The predicted molar refractivity (Wildman–Crippen MR) is 77.2 cm³/mol. The summed E-state index contributed by atoms with van der Waals surface area (Å²) in [6.07, 6.45) is 5.79. The van der Waals surface area contributed by atoms with Crippen LogP contribution in [0.5, 0.6) is 0 Å². The van der Waals surface area contributed by atoms with Gasteiger partial charge < -0.3 is 9.88 Å². The van der Waals surface area contributed by atoms with Crippen molar-refractivity contribution < 1.29 is 4.79 Å². The van der Waals surface area contributed by atoms with Crippen molar-refractivity contribution in [2.45, 2.75) is 13.0 Å². The first-order valence-electron chi connectivity index (χ1n) is 6.66. The number of halogens is 1. The van der Waals surface area contributed by atoms with Gasteiger partial charge in [-0.2, -0.15) is 5.10 Å². The van der Waals surface area contributed by atoms with Gasteiger partial charge in [-0.05, 0) is 12.1 Å². The zero-order valence-corrected chi connectivity index (χ0v) is 11.8. The fraction of sp³-hybridized carbons (Fsp3) is 0.214. The van der Waals surface area contributed by atoms with Crippen molar-refractivity contribution in [3.8, 4) is 0 Å². The van der Waals surface area contributed by atoms with Crippen molar-refractivity contribution in [2.75, 3.05) is 6.54 Å². The lowest BCUT2D eigenvalue weighted by Gasteiger charge is -2.26. The number of aromatic nitrogens is 4. The summed E-state index contributed by atoms with van der Waals surface area (Å²) in [5, 5.41) is 4.72. The van der Waals surface area contributed by atoms with Gasteiger partial charge in [0, 0.05) is 19.2 Å². The third kappa shape index (κ3) is 1.91. The molecule has 1 N–H and O–H groups in total. The average molecular weight is 302 g/mol. The lowest BCUT2D eigenvalue weighted by Crippen LogP contribution is -2.36. The van der Waals surface area contributed by atoms with E-state index in [4.69, 9.17) is 11.6 Å². The lowest BCUT2D eigenvalue weighted by molar-refractivity contribution is 0.0734. The Bertz CT molecular complexity index is 837. The molecule has 1 aliphatic rings. The number of hydrogen-bond donors (Lipinski definition) is 1.